The Morgan fingerprint density at radius 3 is 2.25 bits per heavy atom. The van der Waals surface area contributed by atoms with Gasteiger partial charge in [0.1, 0.15) is 11.5 Å². The molecule has 0 radical (unpaired) electrons. The number of benzene rings is 1. The fourth-order valence-corrected chi connectivity index (χ4v) is 5.03. The van der Waals surface area contributed by atoms with Gasteiger partial charge in [0.05, 0.1) is 18.6 Å². The van der Waals surface area contributed by atoms with Crippen molar-refractivity contribution in [3.8, 4) is 11.5 Å². The van der Waals surface area contributed by atoms with Crippen molar-refractivity contribution in [3.63, 3.8) is 0 Å². The number of ether oxygens (including phenoxy) is 5. The second-order valence-corrected chi connectivity index (χ2v) is 12.7. The van der Waals surface area contributed by atoms with Crippen molar-refractivity contribution in [1.82, 2.24) is 0 Å². The third kappa shape index (κ3) is 6.94. The SMILES string of the molecule is COCOc1cc(C2CCCC2C(=O)OC)c(OCOC)c(C(C)(C)O[SiH2]C(C)(C)C)c1. The van der Waals surface area contributed by atoms with Crippen LogP contribution in [0, 0.1) is 5.92 Å². The summed E-state index contributed by atoms with van der Waals surface area (Å²) in [6, 6.07) is 3.91. The number of esters is 1. The maximum atomic E-state index is 12.5. The quantitative estimate of drug-likeness (QED) is 0.273. The Balaban J connectivity index is 2.61. The van der Waals surface area contributed by atoms with Crippen molar-refractivity contribution in [2.45, 2.75) is 70.4 Å². The largest absolute Gasteiger partial charge is 0.469 e. The van der Waals surface area contributed by atoms with Gasteiger partial charge in [-0.1, -0.05) is 27.2 Å². The highest BCUT2D eigenvalue weighted by atomic mass is 28.2. The lowest BCUT2D eigenvalue weighted by atomic mass is 9.84. The zero-order chi connectivity index (χ0) is 23.9. The summed E-state index contributed by atoms with van der Waals surface area (Å²) in [5.41, 5.74) is 1.20. The van der Waals surface area contributed by atoms with Gasteiger partial charge in [0.25, 0.3) is 0 Å². The molecule has 0 aliphatic heterocycles. The first-order valence-corrected chi connectivity index (χ1v) is 12.5. The summed E-state index contributed by atoms with van der Waals surface area (Å²) in [6.45, 7) is 10.9. The molecular formula is C24H40O7Si. The highest BCUT2D eigenvalue weighted by Gasteiger charge is 2.39. The standard InChI is InChI=1S/C24H40O7Si/c1-23(2,3)32-31-24(4,5)20-13-16(29-14-26-6)12-19(21(20)30-15-27-7)17-10-9-11-18(17)22(25)28-8/h12-13,17-18H,9-11,14-15,32H2,1-8H3. The molecule has 1 fully saturated rings. The Labute approximate surface area is 195 Å². The van der Waals surface area contributed by atoms with E-state index < -0.39 is 15.4 Å². The van der Waals surface area contributed by atoms with Crippen LogP contribution in [0.2, 0.25) is 5.04 Å². The van der Waals surface area contributed by atoms with Gasteiger partial charge in [0.15, 0.2) is 23.3 Å². The molecule has 0 heterocycles. The lowest BCUT2D eigenvalue weighted by Gasteiger charge is -2.34. The molecule has 2 atom stereocenters. The topological polar surface area (TPSA) is 72.5 Å². The maximum Gasteiger partial charge on any atom is 0.309 e. The summed E-state index contributed by atoms with van der Waals surface area (Å²) in [6.07, 6.45) is 2.61. The second kappa shape index (κ2) is 11.5. The van der Waals surface area contributed by atoms with Gasteiger partial charge in [-0.3, -0.25) is 4.79 Å². The monoisotopic (exact) mass is 468 g/mol. The highest BCUT2D eigenvalue weighted by Crippen LogP contribution is 2.48. The minimum absolute atomic E-state index is 0.0326. The molecule has 1 aromatic rings. The summed E-state index contributed by atoms with van der Waals surface area (Å²) in [4.78, 5) is 12.5. The minimum atomic E-state index is -0.845. The fraction of sp³-hybridized carbons (Fsp3) is 0.708. The molecule has 1 aliphatic carbocycles. The number of methoxy groups -OCH3 is 3. The van der Waals surface area contributed by atoms with Gasteiger partial charge < -0.3 is 28.1 Å². The van der Waals surface area contributed by atoms with E-state index >= 15 is 0 Å². The predicted molar refractivity (Wildman–Crippen MR) is 126 cm³/mol. The highest BCUT2D eigenvalue weighted by molar-refractivity contribution is 6.31. The molecule has 1 aromatic carbocycles. The van der Waals surface area contributed by atoms with Gasteiger partial charge in [-0.05, 0) is 43.9 Å². The Bertz CT molecular complexity index is 757. The van der Waals surface area contributed by atoms with Gasteiger partial charge in [0.2, 0.25) is 0 Å². The van der Waals surface area contributed by atoms with Gasteiger partial charge in [-0.2, -0.15) is 0 Å². The first kappa shape index (κ1) is 26.6. The number of carbonyl (C=O) groups is 1. The van der Waals surface area contributed by atoms with Crippen LogP contribution < -0.4 is 9.47 Å². The second-order valence-electron chi connectivity index (χ2n) is 10.0. The average Bonchev–Trinajstić information content (AvgIpc) is 3.23. The number of hydrogen-bond donors (Lipinski definition) is 0. The number of hydrogen-bond acceptors (Lipinski definition) is 7. The van der Waals surface area contributed by atoms with Crippen molar-refractivity contribution >= 4 is 15.7 Å². The first-order valence-electron chi connectivity index (χ1n) is 11.2. The molecule has 0 amide bonds. The summed E-state index contributed by atoms with van der Waals surface area (Å²) >= 11 is 0. The Morgan fingerprint density at radius 2 is 1.66 bits per heavy atom. The summed E-state index contributed by atoms with van der Waals surface area (Å²) in [5, 5.41) is 0.138. The summed E-state index contributed by atoms with van der Waals surface area (Å²) in [5.74, 6) is 0.917. The molecule has 1 aliphatic rings. The van der Waals surface area contributed by atoms with Crippen molar-refractivity contribution in [2.24, 2.45) is 5.92 Å². The van der Waals surface area contributed by atoms with Crippen molar-refractivity contribution in [1.29, 1.82) is 0 Å². The molecule has 0 N–H and O–H groups in total. The Kier molecular flexibility index (Phi) is 9.57. The molecule has 0 aromatic heterocycles. The molecule has 1 saturated carbocycles. The van der Waals surface area contributed by atoms with Gasteiger partial charge >= 0.3 is 5.97 Å². The van der Waals surface area contributed by atoms with E-state index in [-0.39, 0.29) is 36.4 Å². The average molecular weight is 469 g/mol. The van der Waals surface area contributed by atoms with Crippen LogP contribution in [0.25, 0.3) is 0 Å². The number of carbonyl (C=O) groups excluding carboxylic acids is 1. The summed E-state index contributed by atoms with van der Waals surface area (Å²) in [7, 11) is 3.78. The first-order chi connectivity index (χ1) is 15.0. The molecule has 2 rings (SSSR count). The van der Waals surface area contributed by atoms with E-state index in [0.29, 0.717) is 11.5 Å². The lowest BCUT2D eigenvalue weighted by Crippen LogP contribution is -2.29. The predicted octanol–water partition coefficient (Wildman–Crippen LogP) is 4.26. The normalized spacial score (nSPS) is 19.5. The smallest absolute Gasteiger partial charge is 0.309 e. The molecule has 182 valence electrons. The van der Waals surface area contributed by atoms with Crippen LogP contribution in [-0.4, -0.2) is 50.6 Å². The molecular weight excluding hydrogens is 428 g/mol. The van der Waals surface area contributed by atoms with Crippen molar-refractivity contribution in [3.05, 3.63) is 23.3 Å². The zero-order valence-electron chi connectivity index (χ0n) is 20.9. The van der Waals surface area contributed by atoms with Crippen LogP contribution in [0.5, 0.6) is 11.5 Å². The van der Waals surface area contributed by atoms with Crippen LogP contribution in [0.1, 0.15) is 70.9 Å². The van der Waals surface area contributed by atoms with Gasteiger partial charge in [0, 0.05) is 31.3 Å². The van der Waals surface area contributed by atoms with E-state index in [0.717, 1.165) is 30.4 Å². The van der Waals surface area contributed by atoms with E-state index in [9.17, 15) is 4.79 Å². The Morgan fingerprint density at radius 1 is 1.00 bits per heavy atom. The third-order valence-corrected chi connectivity index (χ3v) is 7.42. The van der Waals surface area contributed by atoms with Gasteiger partial charge in [-0.25, -0.2) is 0 Å². The molecule has 8 heteroatoms. The van der Waals surface area contributed by atoms with Crippen LogP contribution in [0.15, 0.2) is 12.1 Å². The Hall–Kier alpha value is -1.61. The fourth-order valence-electron chi connectivity index (χ4n) is 4.08. The third-order valence-electron chi connectivity index (χ3n) is 5.69. The van der Waals surface area contributed by atoms with Crippen molar-refractivity contribution in [2.75, 3.05) is 34.9 Å². The van der Waals surface area contributed by atoms with E-state index in [1.807, 2.05) is 12.1 Å². The van der Waals surface area contributed by atoms with E-state index in [1.165, 1.54) is 7.11 Å². The minimum Gasteiger partial charge on any atom is -0.469 e. The molecule has 0 spiro atoms. The van der Waals surface area contributed by atoms with E-state index in [2.05, 4.69) is 34.6 Å². The van der Waals surface area contributed by atoms with Crippen LogP contribution in [-0.2, 0) is 29.0 Å². The molecule has 0 bridgehead atoms. The van der Waals surface area contributed by atoms with E-state index in [1.54, 1.807) is 14.2 Å². The maximum absolute atomic E-state index is 12.5. The lowest BCUT2D eigenvalue weighted by molar-refractivity contribution is -0.145. The van der Waals surface area contributed by atoms with Crippen molar-refractivity contribution < 1.29 is 32.9 Å². The van der Waals surface area contributed by atoms with E-state index in [4.69, 9.17) is 28.1 Å². The van der Waals surface area contributed by atoms with Crippen LogP contribution in [0.3, 0.4) is 0 Å². The molecule has 7 nitrogen and oxygen atoms in total. The van der Waals surface area contributed by atoms with Crippen LogP contribution >= 0.6 is 0 Å². The zero-order valence-corrected chi connectivity index (χ0v) is 22.3. The molecule has 2 unspecified atom stereocenters. The molecule has 0 saturated heterocycles. The van der Waals surface area contributed by atoms with Crippen LogP contribution in [0.4, 0.5) is 0 Å². The molecule has 32 heavy (non-hydrogen) atoms. The number of rotatable bonds is 11. The summed E-state index contributed by atoms with van der Waals surface area (Å²) < 4.78 is 34.0. The van der Waals surface area contributed by atoms with Gasteiger partial charge in [-0.15, -0.1) is 0 Å².